The Hall–Kier alpha value is -1.76. The Morgan fingerprint density at radius 1 is 1.18 bits per heavy atom. The minimum atomic E-state index is -0.614. The van der Waals surface area contributed by atoms with Gasteiger partial charge in [-0.25, -0.2) is 0 Å². The summed E-state index contributed by atoms with van der Waals surface area (Å²) in [6, 6.07) is 11.7. The summed E-state index contributed by atoms with van der Waals surface area (Å²) < 4.78 is 6.41. The summed E-state index contributed by atoms with van der Waals surface area (Å²) in [5.74, 6) is -0.145. The highest BCUT2D eigenvalue weighted by Gasteiger charge is 2.28. The summed E-state index contributed by atoms with van der Waals surface area (Å²) in [5.41, 5.74) is 0.863. The molecule has 0 radical (unpaired) electrons. The maximum absolute atomic E-state index is 12.9. The largest absolute Gasteiger partial charge is 0.482 e. The summed E-state index contributed by atoms with van der Waals surface area (Å²) in [4.78, 5) is 26.7. The maximum atomic E-state index is 12.9. The molecule has 0 saturated heterocycles. The van der Waals surface area contributed by atoms with Crippen molar-refractivity contribution in [2.75, 3.05) is 13.7 Å². The topological polar surface area (TPSA) is 58.6 Å². The molecule has 2 rings (SSSR count). The normalized spacial score (nSPS) is 11.6. The van der Waals surface area contributed by atoms with Crippen LogP contribution in [0.2, 0.25) is 10.0 Å². The molecule has 1 unspecified atom stereocenters. The molecule has 0 fully saturated rings. The van der Waals surface area contributed by atoms with E-state index in [4.69, 9.17) is 27.9 Å². The van der Waals surface area contributed by atoms with Crippen LogP contribution in [-0.4, -0.2) is 36.4 Å². The highest BCUT2D eigenvalue weighted by Crippen LogP contribution is 2.28. The third-order valence-electron chi connectivity index (χ3n) is 4.14. The fourth-order valence-corrected chi connectivity index (χ4v) is 3.54. The first kappa shape index (κ1) is 22.5. The van der Waals surface area contributed by atoms with Gasteiger partial charge in [-0.15, -0.1) is 0 Å². The molecule has 2 aromatic carbocycles. The molecule has 0 aliphatic rings. The molecule has 0 saturated carbocycles. The minimum Gasteiger partial charge on any atom is -0.482 e. The van der Waals surface area contributed by atoms with Crippen LogP contribution in [0.1, 0.15) is 18.9 Å². The van der Waals surface area contributed by atoms with Crippen LogP contribution >= 0.6 is 39.1 Å². The molecule has 0 aromatic heterocycles. The monoisotopic (exact) mass is 486 g/mol. The summed E-state index contributed by atoms with van der Waals surface area (Å²) in [5, 5.41) is 3.61. The van der Waals surface area contributed by atoms with E-state index in [-0.39, 0.29) is 25.0 Å². The number of amides is 2. The number of ether oxygens (including phenoxy) is 1. The van der Waals surface area contributed by atoms with E-state index in [1.807, 2.05) is 19.1 Å². The molecule has 1 atom stereocenters. The fraction of sp³-hybridized carbons (Fsp3) is 0.300. The van der Waals surface area contributed by atoms with Crippen molar-refractivity contribution in [3.8, 4) is 5.75 Å². The van der Waals surface area contributed by atoms with Gasteiger partial charge in [-0.05, 0) is 42.3 Å². The lowest BCUT2D eigenvalue weighted by Gasteiger charge is -2.30. The maximum Gasteiger partial charge on any atom is 0.261 e. The number of halogens is 3. The van der Waals surface area contributed by atoms with Gasteiger partial charge in [0.2, 0.25) is 5.91 Å². The van der Waals surface area contributed by atoms with Crippen molar-refractivity contribution in [1.82, 2.24) is 10.2 Å². The quantitative estimate of drug-likeness (QED) is 0.587. The van der Waals surface area contributed by atoms with E-state index in [1.165, 1.54) is 4.90 Å². The van der Waals surface area contributed by atoms with Crippen LogP contribution in [0, 0.1) is 0 Å². The first-order valence-electron chi connectivity index (χ1n) is 8.69. The van der Waals surface area contributed by atoms with E-state index in [2.05, 4.69) is 21.2 Å². The third-order valence-corrected chi connectivity index (χ3v) is 5.18. The van der Waals surface area contributed by atoms with E-state index in [0.717, 1.165) is 10.0 Å². The highest BCUT2D eigenvalue weighted by atomic mass is 79.9. The standard InChI is InChI=1S/C20H21BrCl2N2O3/c1-3-17(20(27)24-2)25(11-13-4-7-15(22)8-5-13)19(26)12-28-18-9-6-14(21)10-16(18)23/h4-10,17H,3,11-12H2,1-2H3,(H,24,27). The number of carbonyl (C=O) groups is 2. The van der Waals surface area contributed by atoms with Gasteiger partial charge in [0.1, 0.15) is 11.8 Å². The predicted octanol–water partition coefficient (Wildman–Crippen LogP) is 4.69. The second kappa shape index (κ2) is 10.7. The lowest BCUT2D eigenvalue weighted by atomic mass is 10.1. The van der Waals surface area contributed by atoms with Gasteiger partial charge in [-0.1, -0.05) is 58.2 Å². The number of hydrogen-bond acceptors (Lipinski definition) is 3. The molecule has 0 spiro atoms. The van der Waals surface area contributed by atoms with Crippen LogP contribution in [0.15, 0.2) is 46.9 Å². The van der Waals surface area contributed by atoms with Crippen molar-refractivity contribution in [3.63, 3.8) is 0 Å². The van der Waals surface area contributed by atoms with E-state index >= 15 is 0 Å². The summed E-state index contributed by atoms with van der Waals surface area (Å²) in [7, 11) is 1.55. The Kier molecular flexibility index (Phi) is 8.60. The molecule has 1 N–H and O–H groups in total. The van der Waals surface area contributed by atoms with Gasteiger partial charge >= 0.3 is 0 Å². The smallest absolute Gasteiger partial charge is 0.261 e. The van der Waals surface area contributed by atoms with E-state index in [9.17, 15) is 9.59 Å². The molecule has 8 heteroatoms. The fourth-order valence-electron chi connectivity index (χ4n) is 2.69. The zero-order valence-corrected chi connectivity index (χ0v) is 18.6. The van der Waals surface area contributed by atoms with Gasteiger partial charge in [-0.3, -0.25) is 9.59 Å². The summed E-state index contributed by atoms with van der Waals surface area (Å²) >= 11 is 15.4. The average Bonchev–Trinajstić information content (AvgIpc) is 2.68. The summed E-state index contributed by atoms with van der Waals surface area (Å²) in [6.07, 6.45) is 0.470. The Balaban J connectivity index is 2.19. The van der Waals surface area contributed by atoms with Crippen LogP contribution in [-0.2, 0) is 16.1 Å². The van der Waals surface area contributed by atoms with Crippen LogP contribution in [0.25, 0.3) is 0 Å². The molecular formula is C20H21BrCl2N2O3. The Labute approximate surface area is 183 Å². The van der Waals surface area contributed by atoms with Gasteiger partial charge in [0.15, 0.2) is 6.61 Å². The van der Waals surface area contributed by atoms with Crippen molar-refractivity contribution in [3.05, 3.63) is 62.5 Å². The second-order valence-corrected chi connectivity index (χ2v) is 7.81. The van der Waals surface area contributed by atoms with Gasteiger partial charge in [-0.2, -0.15) is 0 Å². The van der Waals surface area contributed by atoms with Crippen molar-refractivity contribution in [1.29, 1.82) is 0 Å². The van der Waals surface area contributed by atoms with Crippen molar-refractivity contribution >= 4 is 50.9 Å². The van der Waals surface area contributed by atoms with Crippen molar-refractivity contribution in [2.45, 2.75) is 25.9 Å². The molecule has 0 bridgehead atoms. The Morgan fingerprint density at radius 2 is 1.86 bits per heavy atom. The number of nitrogens with zero attached hydrogens (tertiary/aromatic N) is 1. The molecule has 0 heterocycles. The zero-order valence-electron chi connectivity index (χ0n) is 15.5. The van der Waals surface area contributed by atoms with Gasteiger partial charge < -0.3 is 15.0 Å². The summed E-state index contributed by atoms with van der Waals surface area (Å²) in [6.45, 7) is 1.89. The third kappa shape index (κ3) is 6.12. The van der Waals surface area contributed by atoms with Gasteiger partial charge in [0, 0.05) is 23.1 Å². The van der Waals surface area contributed by atoms with Crippen LogP contribution < -0.4 is 10.1 Å². The second-order valence-electron chi connectivity index (χ2n) is 6.05. The SMILES string of the molecule is CCC(C(=O)NC)N(Cc1ccc(Cl)cc1)C(=O)COc1ccc(Br)cc1Cl. The highest BCUT2D eigenvalue weighted by molar-refractivity contribution is 9.10. The Bertz CT molecular complexity index is 831. The van der Waals surface area contributed by atoms with Gasteiger partial charge in [0.05, 0.1) is 5.02 Å². The molecular weight excluding hydrogens is 467 g/mol. The number of likely N-dealkylation sites (N-methyl/N-ethyl adjacent to an activating group) is 1. The molecule has 2 aromatic rings. The van der Waals surface area contributed by atoms with Crippen molar-refractivity contribution in [2.24, 2.45) is 0 Å². The first-order valence-corrected chi connectivity index (χ1v) is 10.2. The minimum absolute atomic E-state index is 0.230. The number of hydrogen-bond donors (Lipinski definition) is 1. The number of carbonyl (C=O) groups excluding carboxylic acids is 2. The lowest BCUT2D eigenvalue weighted by molar-refractivity contribution is -0.142. The van der Waals surface area contributed by atoms with Crippen LogP contribution in [0.4, 0.5) is 0 Å². The van der Waals surface area contributed by atoms with E-state index < -0.39 is 6.04 Å². The van der Waals surface area contributed by atoms with Gasteiger partial charge in [0.25, 0.3) is 5.91 Å². The molecule has 0 aliphatic carbocycles. The molecule has 28 heavy (non-hydrogen) atoms. The predicted molar refractivity (Wildman–Crippen MR) is 115 cm³/mol. The Morgan fingerprint density at radius 3 is 2.43 bits per heavy atom. The number of benzene rings is 2. The lowest BCUT2D eigenvalue weighted by Crippen LogP contribution is -2.49. The van der Waals surface area contributed by atoms with E-state index in [1.54, 1.807) is 37.4 Å². The molecule has 2 amide bonds. The molecule has 0 aliphatic heterocycles. The zero-order chi connectivity index (χ0) is 20.7. The molecule has 150 valence electrons. The number of rotatable bonds is 8. The average molecular weight is 488 g/mol. The van der Waals surface area contributed by atoms with Crippen molar-refractivity contribution < 1.29 is 14.3 Å². The van der Waals surface area contributed by atoms with E-state index in [0.29, 0.717) is 22.2 Å². The molecule has 5 nitrogen and oxygen atoms in total. The number of nitrogens with one attached hydrogen (secondary N) is 1. The van der Waals surface area contributed by atoms with Crippen LogP contribution in [0.3, 0.4) is 0 Å². The first-order chi connectivity index (χ1) is 13.3. The van der Waals surface area contributed by atoms with Crippen LogP contribution in [0.5, 0.6) is 5.75 Å².